The van der Waals surface area contributed by atoms with Gasteiger partial charge < -0.3 is 16.0 Å². The minimum atomic E-state index is 0.0462. The molecule has 4 heteroatoms. The van der Waals surface area contributed by atoms with Crippen LogP contribution in [-0.2, 0) is 4.79 Å². The maximum atomic E-state index is 11.6. The van der Waals surface area contributed by atoms with Crippen LogP contribution < -0.4 is 16.0 Å². The van der Waals surface area contributed by atoms with Crippen LogP contribution in [0.4, 0.5) is 0 Å². The predicted octanol–water partition coefficient (Wildman–Crippen LogP) is 0.244. The SMILES string of the molecule is CCCNCCNC(=O)[C@@H]1CCCCN1. The average Bonchev–Trinajstić information content (AvgIpc) is 2.30. The normalized spacial score (nSPS) is 21.3. The zero-order valence-corrected chi connectivity index (χ0v) is 9.64. The van der Waals surface area contributed by atoms with Crippen LogP contribution >= 0.6 is 0 Å². The summed E-state index contributed by atoms with van der Waals surface area (Å²) in [5.41, 5.74) is 0. The maximum absolute atomic E-state index is 11.6. The summed E-state index contributed by atoms with van der Waals surface area (Å²) in [7, 11) is 0. The van der Waals surface area contributed by atoms with Gasteiger partial charge in [0.05, 0.1) is 6.04 Å². The molecule has 1 aliphatic heterocycles. The molecule has 88 valence electrons. The van der Waals surface area contributed by atoms with E-state index in [2.05, 4.69) is 22.9 Å². The van der Waals surface area contributed by atoms with E-state index in [1.807, 2.05) is 0 Å². The Morgan fingerprint density at radius 3 is 2.87 bits per heavy atom. The van der Waals surface area contributed by atoms with Crippen molar-refractivity contribution in [2.45, 2.75) is 38.6 Å². The van der Waals surface area contributed by atoms with E-state index in [0.717, 1.165) is 39.0 Å². The molecule has 1 aliphatic rings. The molecule has 1 amide bonds. The second-order valence-electron chi connectivity index (χ2n) is 4.04. The van der Waals surface area contributed by atoms with Crippen molar-refractivity contribution < 1.29 is 4.79 Å². The molecule has 1 saturated heterocycles. The highest BCUT2D eigenvalue weighted by Gasteiger charge is 2.19. The first-order valence-electron chi connectivity index (χ1n) is 6.06. The number of carbonyl (C=O) groups is 1. The van der Waals surface area contributed by atoms with Gasteiger partial charge in [0, 0.05) is 13.1 Å². The van der Waals surface area contributed by atoms with Crippen molar-refractivity contribution in [2.24, 2.45) is 0 Å². The van der Waals surface area contributed by atoms with Crippen molar-refractivity contribution in [2.75, 3.05) is 26.2 Å². The topological polar surface area (TPSA) is 53.2 Å². The van der Waals surface area contributed by atoms with Crippen LogP contribution in [-0.4, -0.2) is 38.1 Å². The van der Waals surface area contributed by atoms with Gasteiger partial charge >= 0.3 is 0 Å². The first-order chi connectivity index (χ1) is 7.34. The van der Waals surface area contributed by atoms with Gasteiger partial charge in [0.1, 0.15) is 0 Å². The highest BCUT2D eigenvalue weighted by molar-refractivity contribution is 5.81. The zero-order valence-electron chi connectivity index (χ0n) is 9.64. The molecule has 0 spiro atoms. The lowest BCUT2D eigenvalue weighted by atomic mass is 10.0. The van der Waals surface area contributed by atoms with Gasteiger partial charge in [-0.05, 0) is 32.4 Å². The lowest BCUT2D eigenvalue weighted by molar-refractivity contribution is -0.123. The van der Waals surface area contributed by atoms with E-state index in [9.17, 15) is 4.79 Å². The Bertz CT molecular complexity index is 179. The first-order valence-corrected chi connectivity index (χ1v) is 6.06. The van der Waals surface area contributed by atoms with Gasteiger partial charge in [-0.25, -0.2) is 0 Å². The third-order valence-electron chi connectivity index (χ3n) is 2.65. The Morgan fingerprint density at radius 2 is 2.20 bits per heavy atom. The highest BCUT2D eigenvalue weighted by atomic mass is 16.2. The highest BCUT2D eigenvalue weighted by Crippen LogP contribution is 2.06. The summed E-state index contributed by atoms with van der Waals surface area (Å²) in [6.07, 6.45) is 4.48. The fraction of sp³-hybridized carbons (Fsp3) is 0.909. The van der Waals surface area contributed by atoms with E-state index in [-0.39, 0.29) is 11.9 Å². The van der Waals surface area contributed by atoms with Crippen molar-refractivity contribution in [3.63, 3.8) is 0 Å². The number of carbonyl (C=O) groups excluding carboxylic acids is 1. The quantitative estimate of drug-likeness (QED) is 0.554. The number of rotatable bonds is 6. The van der Waals surface area contributed by atoms with Crippen molar-refractivity contribution in [1.29, 1.82) is 0 Å². The minimum Gasteiger partial charge on any atom is -0.353 e. The molecule has 1 fully saturated rings. The Balaban J connectivity index is 2.02. The lowest BCUT2D eigenvalue weighted by Crippen LogP contribution is -2.47. The van der Waals surface area contributed by atoms with E-state index < -0.39 is 0 Å². The first kappa shape index (κ1) is 12.5. The molecule has 1 heterocycles. The molecule has 0 bridgehead atoms. The average molecular weight is 213 g/mol. The van der Waals surface area contributed by atoms with Crippen LogP contribution in [0.5, 0.6) is 0 Å². The Hall–Kier alpha value is -0.610. The molecule has 0 unspecified atom stereocenters. The number of hydrogen-bond donors (Lipinski definition) is 3. The van der Waals surface area contributed by atoms with E-state index in [1.54, 1.807) is 0 Å². The summed E-state index contributed by atoms with van der Waals surface area (Å²) in [6, 6.07) is 0.0462. The van der Waals surface area contributed by atoms with Crippen LogP contribution in [0.1, 0.15) is 32.6 Å². The fourth-order valence-electron chi connectivity index (χ4n) is 1.77. The molecular weight excluding hydrogens is 190 g/mol. The van der Waals surface area contributed by atoms with Crippen molar-refractivity contribution in [3.8, 4) is 0 Å². The van der Waals surface area contributed by atoms with Gasteiger partial charge in [0.15, 0.2) is 0 Å². The molecular formula is C11H23N3O. The van der Waals surface area contributed by atoms with Crippen LogP contribution in [0.25, 0.3) is 0 Å². The predicted molar refractivity (Wildman–Crippen MR) is 61.8 cm³/mol. The molecule has 1 rings (SSSR count). The largest absolute Gasteiger partial charge is 0.353 e. The summed E-state index contributed by atoms with van der Waals surface area (Å²) in [5, 5.41) is 9.44. The van der Waals surface area contributed by atoms with Gasteiger partial charge in [-0.1, -0.05) is 13.3 Å². The molecule has 0 aromatic carbocycles. The summed E-state index contributed by atoms with van der Waals surface area (Å²) >= 11 is 0. The Kier molecular flexibility index (Phi) is 6.36. The summed E-state index contributed by atoms with van der Waals surface area (Å²) in [4.78, 5) is 11.6. The van der Waals surface area contributed by atoms with Crippen LogP contribution in [0.3, 0.4) is 0 Å². The second-order valence-corrected chi connectivity index (χ2v) is 4.04. The van der Waals surface area contributed by atoms with E-state index >= 15 is 0 Å². The van der Waals surface area contributed by atoms with Gasteiger partial charge in [0.2, 0.25) is 5.91 Å². The smallest absolute Gasteiger partial charge is 0.237 e. The molecule has 0 aliphatic carbocycles. The van der Waals surface area contributed by atoms with Crippen LogP contribution in [0, 0.1) is 0 Å². The molecule has 15 heavy (non-hydrogen) atoms. The maximum Gasteiger partial charge on any atom is 0.237 e. The fourth-order valence-corrected chi connectivity index (χ4v) is 1.77. The summed E-state index contributed by atoms with van der Waals surface area (Å²) < 4.78 is 0. The molecule has 0 radical (unpaired) electrons. The molecule has 0 aromatic heterocycles. The van der Waals surface area contributed by atoms with E-state index in [4.69, 9.17) is 0 Å². The lowest BCUT2D eigenvalue weighted by Gasteiger charge is -2.22. The summed E-state index contributed by atoms with van der Waals surface area (Å²) in [6.45, 7) is 5.74. The van der Waals surface area contributed by atoms with E-state index in [1.165, 1.54) is 12.8 Å². The number of hydrogen-bond acceptors (Lipinski definition) is 3. The monoisotopic (exact) mass is 213 g/mol. The number of piperidine rings is 1. The molecule has 0 saturated carbocycles. The molecule has 1 atom stereocenters. The van der Waals surface area contributed by atoms with Crippen LogP contribution in [0.2, 0.25) is 0 Å². The zero-order chi connectivity index (χ0) is 10.9. The Morgan fingerprint density at radius 1 is 1.33 bits per heavy atom. The number of amides is 1. The number of nitrogens with one attached hydrogen (secondary N) is 3. The minimum absolute atomic E-state index is 0.0462. The van der Waals surface area contributed by atoms with Crippen LogP contribution in [0.15, 0.2) is 0 Å². The molecule has 0 aromatic rings. The van der Waals surface area contributed by atoms with Crippen molar-refractivity contribution in [3.05, 3.63) is 0 Å². The molecule has 4 nitrogen and oxygen atoms in total. The van der Waals surface area contributed by atoms with Gasteiger partial charge in [0.25, 0.3) is 0 Å². The Labute approximate surface area is 92.2 Å². The second kappa shape index (κ2) is 7.65. The van der Waals surface area contributed by atoms with Crippen molar-refractivity contribution >= 4 is 5.91 Å². The van der Waals surface area contributed by atoms with Crippen molar-refractivity contribution in [1.82, 2.24) is 16.0 Å². The standard InChI is InChI=1S/C11H23N3O/c1-2-6-12-8-9-14-11(15)10-5-3-4-7-13-10/h10,12-13H,2-9H2,1H3,(H,14,15)/t10-/m0/s1. The van der Waals surface area contributed by atoms with Gasteiger partial charge in [-0.2, -0.15) is 0 Å². The van der Waals surface area contributed by atoms with E-state index in [0.29, 0.717) is 0 Å². The third-order valence-corrected chi connectivity index (χ3v) is 2.65. The third kappa shape index (κ3) is 5.14. The molecule has 3 N–H and O–H groups in total. The van der Waals surface area contributed by atoms with Gasteiger partial charge in [-0.15, -0.1) is 0 Å². The summed E-state index contributed by atoms with van der Waals surface area (Å²) in [5.74, 6) is 0.160. The van der Waals surface area contributed by atoms with Gasteiger partial charge in [-0.3, -0.25) is 4.79 Å².